The van der Waals surface area contributed by atoms with Crippen molar-refractivity contribution in [3.05, 3.63) is 158 Å². The van der Waals surface area contributed by atoms with Crippen molar-refractivity contribution in [2.75, 3.05) is 126 Å². The summed E-state index contributed by atoms with van der Waals surface area (Å²) in [5.41, 5.74) is 12.8. The van der Waals surface area contributed by atoms with Crippen LogP contribution in [0.5, 0.6) is 11.5 Å². The largest absolute Gasteiger partial charge is 0.455 e. The minimum Gasteiger partial charge on any atom is -0.455 e. The van der Waals surface area contributed by atoms with Crippen LogP contribution in [0.25, 0.3) is 16.6 Å². The molecule has 0 bridgehead atoms. The highest BCUT2D eigenvalue weighted by Crippen LogP contribution is 2.44. The number of nitrogens with two attached hydrogens (primary N) is 1. The number of nitro groups is 1. The van der Waals surface area contributed by atoms with Gasteiger partial charge < -0.3 is 55.4 Å². The molecule has 100 heavy (non-hydrogen) atoms. The van der Waals surface area contributed by atoms with E-state index >= 15 is 0 Å². The normalized spacial score (nSPS) is 17.8. The Kier molecular flexibility index (Phi) is 23.6. The number of nitrogens with one attached hydrogen (secondary N) is 5. The number of rotatable bonds is 32. The molecule has 4 aromatic carbocycles. The Morgan fingerprint density at radius 1 is 0.840 bits per heavy atom. The summed E-state index contributed by atoms with van der Waals surface area (Å²) >= 11 is 6.28. The van der Waals surface area contributed by atoms with E-state index in [0.29, 0.717) is 126 Å². The smallest absolute Gasteiger partial charge is 0.293 e. The molecular weight excluding hydrogens is 1320 g/mol. The molecule has 1 unspecified atom stereocenters. The fraction of sp³-hybridized carbons (Fsp3) is 0.431. The van der Waals surface area contributed by atoms with Gasteiger partial charge in [0.25, 0.3) is 17.5 Å². The molecule has 26 nitrogen and oxygen atoms in total. The molecule has 6 aromatic rings. The van der Waals surface area contributed by atoms with Crippen molar-refractivity contribution in [3.63, 3.8) is 0 Å². The fourth-order valence-electron chi connectivity index (χ4n) is 13.3. The van der Waals surface area contributed by atoms with E-state index in [-0.39, 0.29) is 76.3 Å². The van der Waals surface area contributed by atoms with Crippen LogP contribution in [-0.4, -0.2) is 190 Å². The van der Waals surface area contributed by atoms with Crippen LogP contribution in [0.1, 0.15) is 108 Å². The number of anilines is 3. The van der Waals surface area contributed by atoms with Gasteiger partial charge in [-0.1, -0.05) is 49.2 Å². The molecule has 0 spiro atoms. The number of allylic oxidation sites excluding steroid dienone is 1. The van der Waals surface area contributed by atoms with E-state index in [1.807, 2.05) is 23.1 Å². The van der Waals surface area contributed by atoms with E-state index in [2.05, 4.69) is 67.0 Å². The molecule has 0 radical (unpaired) electrons. The number of piperidine rings is 2. The number of benzene rings is 4. The van der Waals surface area contributed by atoms with Crippen molar-refractivity contribution in [3.8, 4) is 11.5 Å². The Morgan fingerprint density at radius 2 is 1.60 bits per heavy atom. The maximum atomic E-state index is 14.3. The number of piperazine rings is 1. The zero-order valence-corrected chi connectivity index (χ0v) is 57.8. The van der Waals surface area contributed by atoms with E-state index in [1.54, 1.807) is 48.8 Å². The summed E-state index contributed by atoms with van der Waals surface area (Å²) in [4.78, 5) is 104. The lowest BCUT2D eigenvalue weighted by atomic mass is 9.72. The number of hydrogen-bond donors (Lipinski definition) is 6. The van der Waals surface area contributed by atoms with Gasteiger partial charge >= 0.3 is 0 Å². The van der Waals surface area contributed by atoms with Gasteiger partial charge in [0, 0.05) is 125 Å². The van der Waals surface area contributed by atoms with Crippen LogP contribution in [0.4, 0.5) is 22.7 Å². The fourth-order valence-corrected chi connectivity index (χ4v) is 14.7. The Balaban J connectivity index is 0.578. The number of amides is 5. The third-order valence-corrected chi connectivity index (χ3v) is 20.7. The number of hydrogen-bond acceptors (Lipinski definition) is 21. The number of imide groups is 2. The number of ketones is 1. The van der Waals surface area contributed by atoms with Crippen LogP contribution < -0.4 is 36.6 Å². The Hall–Kier alpha value is -9.25. The van der Waals surface area contributed by atoms with Crippen molar-refractivity contribution in [1.29, 1.82) is 0 Å². The third-order valence-electron chi connectivity index (χ3n) is 18.8. The summed E-state index contributed by atoms with van der Waals surface area (Å²) in [7, 11) is -4.42. The molecule has 6 heterocycles. The van der Waals surface area contributed by atoms with Gasteiger partial charge in [0.05, 0.1) is 78.0 Å². The Labute approximate surface area is 585 Å². The molecule has 28 heteroatoms. The van der Waals surface area contributed by atoms with E-state index in [9.17, 15) is 47.3 Å². The van der Waals surface area contributed by atoms with Crippen LogP contribution in [-0.2, 0) is 38.4 Å². The zero-order valence-electron chi connectivity index (χ0n) is 56.2. The predicted molar refractivity (Wildman–Crippen MR) is 378 cm³/mol. The highest BCUT2D eigenvalue weighted by molar-refractivity contribution is 7.92. The van der Waals surface area contributed by atoms with Crippen LogP contribution in [0.3, 0.4) is 0 Å². The maximum absolute atomic E-state index is 14.3. The second-order valence-electron chi connectivity index (χ2n) is 26.5. The van der Waals surface area contributed by atoms with Gasteiger partial charge in [-0.25, -0.2) is 13.4 Å². The molecule has 1 aliphatic carbocycles. The molecule has 2 aromatic heterocycles. The number of sulfone groups is 1. The Morgan fingerprint density at radius 3 is 2.36 bits per heavy atom. The first kappa shape index (κ1) is 72.0. The Bertz CT molecular complexity index is 4200. The summed E-state index contributed by atoms with van der Waals surface area (Å²) in [5, 5.41) is 25.6. The van der Waals surface area contributed by atoms with Gasteiger partial charge in [-0.2, -0.15) is 0 Å². The predicted octanol–water partition coefficient (Wildman–Crippen LogP) is 8.74. The first-order chi connectivity index (χ1) is 48.2. The summed E-state index contributed by atoms with van der Waals surface area (Å²) in [6, 6.07) is 24.3. The van der Waals surface area contributed by atoms with Gasteiger partial charge in [-0.05, 0) is 128 Å². The van der Waals surface area contributed by atoms with Crippen LogP contribution in [0, 0.1) is 21.4 Å². The van der Waals surface area contributed by atoms with Crippen molar-refractivity contribution < 1.29 is 61.1 Å². The van der Waals surface area contributed by atoms with Crippen molar-refractivity contribution in [2.45, 2.75) is 82.6 Å². The number of carbonyl (C=O) groups excluding carboxylic acids is 6. The maximum Gasteiger partial charge on any atom is 0.293 e. The lowest BCUT2D eigenvalue weighted by molar-refractivity contribution is -0.384. The molecule has 4 aliphatic heterocycles. The zero-order chi connectivity index (χ0) is 70.5. The van der Waals surface area contributed by atoms with Crippen molar-refractivity contribution >= 4 is 96.1 Å². The van der Waals surface area contributed by atoms with Crippen LogP contribution in [0.2, 0.25) is 5.02 Å². The first-order valence-electron chi connectivity index (χ1n) is 33.9. The number of nitro benzene ring substituents is 1. The molecule has 11 rings (SSSR count). The molecule has 1 atom stereocenters. The molecule has 7 N–H and O–H groups in total. The summed E-state index contributed by atoms with van der Waals surface area (Å²) in [6.45, 7) is 12.4. The number of likely N-dealkylation sites (tertiary alicyclic amines) is 1. The van der Waals surface area contributed by atoms with Gasteiger partial charge in [0.15, 0.2) is 15.6 Å². The number of Topliss-reactive ketones (excluding diaryl/α,β-unsaturated/α-hetero) is 1. The van der Waals surface area contributed by atoms with Crippen LogP contribution >= 0.6 is 11.6 Å². The SMILES string of the molecule is CC1(C)CCC(CN2CCN(c3ccc(C(=O)CS(=O)(=O)c4ccc(NCC5CCN(C(=O)CCCN/C=C(\N)COCCOCCOCCNc6cccc7c6C(=O)N(C6CCC(=O)NC6=O)C7=O)CC5)c([N+](=O)[O-])c4)c(Oc4cnc5[nH]ccc5c4)c3)CC2)=C(c2ccc(Cl)cc2)C1. The standard InChI is InChI=1S/C72H85ClN12O14S/c1-72(2)22-18-50(58(40-72)48-8-10-51(73)11-9-48)44-81-28-30-82(31-29-81)53-12-14-56(64(38-53)99-54-37-49-19-24-77-68(49)79-43-54)63(86)46-100(94,95)55-13-15-59(62(39-55)85(92)93)78-41-47-20-26-83(27-21-47)66(88)7-4-23-75-42-52(74)45-98-36-35-97-34-33-96-32-25-76-60-6-3-5-57-67(60)71(91)84(70(57)90)61-16-17-65(87)80-69(61)89/h3,5-6,8-15,19,24,37-39,42-43,47,61,75-76,78H,4,7,16-18,20-23,25-36,40-41,44-46,74H2,1-2H3,(H,77,79)(H,80,87,89)/b52-42-. The molecular formula is C72H85ClN12O14S. The number of halogens is 1. The molecule has 5 amide bonds. The number of H-pyrrole nitrogens is 1. The molecule has 3 fully saturated rings. The van der Waals surface area contributed by atoms with E-state index in [0.717, 1.165) is 60.9 Å². The summed E-state index contributed by atoms with van der Waals surface area (Å²) in [6.07, 6.45) is 10.4. The van der Waals surface area contributed by atoms with Crippen LogP contribution in [0.15, 0.2) is 126 Å². The number of carbonyl (C=O) groups is 6. The minimum atomic E-state index is -4.42. The summed E-state index contributed by atoms with van der Waals surface area (Å²) in [5.74, 6) is -3.40. The lowest BCUT2D eigenvalue weighted by Gasteiger charge is -2.39. The average molecular weight is 1410 g/mol. The minimum absolute atomic E-state index is 0.0180. The van der Waals surface area contributed by atoms with Crippen molar-refractivity contribution in [1.82, 2.24) is 35.3 Å². The first-order valence-corrected chi connectivity index (χ1v) is 35.9. The molecule has 3 saturated heterocycles. The molecule has 0 saturated carbocycles. The highest BCUT2D eigenvalue weighted by Gasteiger charge is 2.46. The number of ether oxygens (including phenoxy) is 4. The summed E-state index contributed by atoms with van der Waals surface area (Å²) < 4.78 is 51.4. The monoisotopic (exact) mass is 1410 g/mol. The number of fused-ring (bicyclic) bond motifs is 2. The molecule has 530 valence electrons. The number of aromatic nitrogens is 2. The quantitative estimate of drug-likeness (QED) is 0.00755. The second-order valence-corrected chi connectivity index (χ2v) is 29.0. The number of nitrogens with zero attached hydrogens (tertiary/aromatic N) is 6. The van der Waals surface area contributed by atoms with Gasteiger partial charge in [0.1, 0.15) is 34.6 Å². The lowest BCUT2D eigenvalue weighted by Crippen LogP contribution is -2.54. The van der Waals surface area contributed by atoms with Gasteiger partial charge in [-0.15, -0.1) is 0 Å². The topological polar surface area (TPSA) is 332 Å². The van der Waals surface area contributed by atoms with Gasteiger partial charge in [-0.3, -0.25) is 54.0 Å². The van der Waals surface area contributed by atoms with E-state index in [1.165, 1.54) is 41.1 Å². The van der Waals surface area contributed by atoms with Gasteiger partial charge in [0.2, 0.25) is 17.7 Å². The van der Waals surface area contributed by atoms with E-state index in [4.69, 9.17) is 36.3 Å². The number of pyridine rings is 1. The average Bonchev–Trinajstić information content (AvgIpc) is 1.59. The van der Waals surface area contributed by atoms with E-state index < -0.39 is 61.7 Å². The second kappa shape index (κ2) is 32.8. The molecule has 5 aliphatic rings. The highest BCUT2D eigenvalue weighted by atomic mass is 35.5. The van der Waals surface area contributed by atoms with Crippen molar-refractivity contribution in [2.24, 2.45) is 17.1 Å². The number of aromatic amines is 1. The third kappa shape index (κ3) is 18.2.